The molecule has 7 nitrogen and oxygen atoms in total. The van der Waals surface area contributed by atoms with Gasteiger partial charge in [0.1, 0.15) is 11.3 Å². The molecule has 2 aliphatic rings. The SMILES string of the molecule is CC1CN(c2c(Cl)cnc3c(F)cccc23)CCC1C(=O)N1CCn2c(nnc2C(F)(F)F)C1. The maximum atomic E-state index is 14.2. The van der Waals surface area contributed by atoms with Crippen LogP contribution < -0.4 is 4.90 Å². The summed E-state index contributed by atoms with van der Waals surface area (Å²) < 4.78 is 54.5. The highest BCUT2D eigenvalue weighted by molar-refractivity contribution is 6.34. The van der Waals surface area contributed by atoms with Crippen molar-refractivity contribution < 1.29 is 22.4 Å². The number of carbonyl (C=O) groups is 1. The normalized spacial score (nSPS) is 21.1. The molecule has 4 heterocycles. The fourth-order valence-corrected chi connectivity index (χ4v) is 5.25. The lowest BCUT2D eigenvalue weighted by atomic mass is 9.85. The number of rotatable bonds is 2. The Labute approximate surface area is 197 Å². The molecular weight excluding hydrogens is 476 g/mol. The van der Waals surface area contributed by atoms with Gasteiger partial charge in [0.15, 0.2) is 5.82 Å². The van der Waals surface area contributed by atoms with Crippen molar-refractivity contribution >= 4 is 34.1 Å². The number of fused-ring (bicyclic) bond motifs is 2. The first-order valence-electron chi connectivity index (χ1n) is 10.9. The number of benzene rings is 1. The van der Waals surface area contributed by atoms with E-state index in [-0.39, 0.29) is 48.7 Å². The quantitative estimate of drug-likeness (QED) is 0.499. The Bertz CT molecular complexity index is 1260. The highest BCUT2D eigenvalue weighted by atomic mass is 35.5. The molecule has 2 aliphatic heterocycles. The first kappa shape index (κ1) is 22.8. The summed E-state index contributed by atoms with van der Waals surface area (Å²) in [4.78, 5) is 21.0. The van der Waals surface area contributed by atoms with Gasteiger partial charge >= 0.3 is 6.18 Å². The highest BCUT2D eigenvalue weighted by Crippen LogP contribution is 2.38. The zero-order valence-electron chi connectivity index (χ0n) is 18.2. The van der Waals surface area contributed by atoms with Gasteiger partial charge in [-0.05, 0) is 18.4 Å². The number of amides is 1. The predicted octanol–water partition coefficient (Wildman–Crippen LogP) is 4.14. The highest BCUT2D eigenvalue weighted by Gasteiger charge is 2.41. The maximum absolute atomic E-state index is 14.2. The van der Waals surface area contributed by atoms with E-state index in [2.05, 4.69) is 15.2 Å². The van der Waals surface area contributed by atoms with E-state index < -0.39 is 17.8 Å². The van der Waals surface area contributed by atoms with Gasteiger partial charge in [-0.15, -0.1) is 10.2 Å². The van der Waals surface area contributed by atoms with Crippen LogP contribution in [0.15, 0.2) is 24.4 Å². The molecule has 0 saturated carbocycles. The molecule has 1 amide bonds. The Balaban J connectivity index is 1.32. The average molecular weight is 497 g/mol. The van der Waals surface area contributed by atoms with Crippen LogP contribution in [-0.4, -0.2) is 50.2 Å². The van der Waals surface area contributed by atoms with Gasteiger partial charge in [0.05, 0.1) is 17.3 Å². The van der Waals surface area contributed by atoms with Gasteiger partial charge in [-0.2, -0.15) is 13.2 Å². The van der Waals surface area contributed by atoms with E-state index in [9.17, 15) is 22.4 Å². The third-order valence-corrected chi connectivity index (χ3v) is 6.91. The number of hydrogen-bond acceptors (Lipinski definition) is 5. The number of anilines is 1. The summed E-state index contributed by atoms with van der Waals surface area (Å²) in [6.45, 7) is 3.17. The van der Waals surface area contributed by atoms with Crippen LogP contribution in [0.3, 0.4) is 0 Å². The zero-order valence-corrected chi connectivity index (χ0v) is 18.9. The molecule has 0 radical (unpaired) electrons. The van der Waals surface area contributed by atoms with Crippen molar-refractivity contribution in [1.82, 2.24) is 24.6 Å². The molecule has 0 bridgehead atoms. The van der Waals surface area contributed by atoms with Gasteiger partial charge in [-0.3, -0.25) is 9.78 Å². The maximum Gasteiger partial charge on any atom is 0.451 e. The summed E-state index contributed by atoms with van der Waals surface area (Å²) >= 11 is 6.44. The van der Waals surface area contributed by atoms with E-state index in [4.69, 9.17) is 11.6 Å². The van der Waals surface area contributed by atoms with E-state index in [1.54, 1.807) is 17.0 Å². The first-order chi connectivity index (χ1) is 16.1. The second-order valence-electron chi connectivity index (χ2n) is 8.76. The Hall–Kier alpha value is -2.95. The number of piperidine rings is 1. The largest absolute Gasteiger partial charge is 0.451 e. The molecule has 5 rings (SSSR count). The van der Waals surface area contributed by atoms with E-state index in [1.165, 1.54) is 12.3 Å². The van der Waals surface area contributed by atoms with Crippen LogP contribution in [0.1, 0.15) is 25.0 Å². The van der Waals surface area contributed by atoms with Crippen LogP contribution in [0.25, 0.3) is 10.9 Å². The van der Waals surface area contributed by atoms with Crippen LogP contribution in [0.2, 0.25) is 5.02 Å². The van der Waals surface area contributed by atoms with Crippen molar-refractivity contribution in [1.29, 1.82) is 0 Å². The fourth-order valence-electron chi connectivity index (χ4n) is 4.98. The second-order valence-corrected chi connectivity index (χ2v) is 9.17. The minimum atomic E-state index is -4.58. The summed E-state index contributed by atoms with van der Waals surface area (Å²) in [5, 5.41) is 7.95. The summed E-state index contributed by atoms with van der Waals surface area (Å²) in [7, 11) is 0. The monoisotopic (exact) mass is 496 g/mol. The zero-order chi connectivity index (χ0) is 24.2. The van der Waals surface area contributed by atoms with Gasteiger partial charge in [0.25, 0.3) is 0 Å². The molecule has 34 heavy (non-hydrogen) atoms. The third kappa shape index (κ3) is 3.85. The lowest BCUT2D eigenvalue weighted by Crippen LogP contribution is -2.49. The predicted molar refractivity (Wildman–Crippen MR) is 117 cm³/mol. The van der Waals surface area contributed by atoms with E-state index in [1.807, 2.05) is 11.8 Å². The van der Waals surface area contributed by atoms with Gasteiger partial charge in [-0.25, -0.2) is 4.39 Å². The van der Waals surface area contributed by atoms with E-state index in [0.717, 1.165) is 4.57 Å². The summed E-state index contributed by atoms with van der Waals surface area (Å²) in [6.07, 6.45) is -2.62. The van der Waals surface area contributed by atoms with Crippen LogP contribution in [-0.2, 0) is 24.1 Å². The van der Waals surface area contributed by atoms with Crippen molar-refractivity contribution in [3.8, 4) is 0 Å². The molecule has 1 saturated heterocycles. The molecule has 2 unspecified atom stereocenters. The van der Waals surface area contributed by atoms with Crippen LogP contribution in [0.4, 0.5) is 23.2 Å². The number of halogens is 5. The standard InChI is InChI=1S/C22H21ClF4N6O/c1-12-10-31(19-14-3-2-4-16(24)18(14)28-9-15(19)23)6-5-13(12)20(34)32-7-8-33-17(11-32)29-30-21(33)22(25,26)27/h2-4,9,12-13H,5-8,10-11H2,1H3. The van der Waals surface area contributed by atoms with E-state index in [0.29, 0.717) is 35.6 Å². The number of carbonyl (C=O) groups excluding carboxylic acids is 1. The summed E-state index contributed by atoms with van der Waals surface area (Å²) in [6, 6.07) is 4.73. The molecule has 12 heteroatoms. The molecule has 0 aliphatic carbocycles. The number of hydrogen-bond donors (Lipinski definition) is 0. The van der Waals surface area contributed by atoms with Gasteiger partial charge in [0, 0.05) is 43.7 Å². The Morgan fingerprint density at radius 2 is 1.97 bits per heavy atom. The number of nitrogens with zero attached hydrogens (tertiary/aromatic N) is 6. The average Bonchev–Trinajstić information content (AvgIpc) is 3.22. The molecule has 1 fully saturated rings. The Morgan fingerprint density at radius 1 is 1.18 bits per heavy atom. The number of aromatic nitrogens is 4. The van der Waals surface area contributed by atoms with E-state index >= 15 is 0 Å². The minimum absolute atomic E-state index is 0.000317. The molecule has 2 aromatic heterocycles. The first-order valence-corrected chi connectivity index (χ1v) is 11.3. The Kier molecular flexibility index (Phi) is 5.62. The molecular formula is C22H21ClF4N6O. The van der Waals surface area contributed by atoms with Crippen molar-refractivity contribution in [2.75, 3.05) is 24.5 Å². The number of alkyl halides is 3. The molecule has 0 N–H and O–H groups in total. The summed E-state index contributed by atoms with van der Waals surface area (Å²) in [5.41, 5.74) is 0.929. The van der Waals surface area contributed by atoms with Gasteiger partial charge < -0.3 is 14.4 Å². The van der Waals surface area contributed by atoms with Crippen LogP contribution in [0, 0.1) is 17.7 Å². The lowest BCUT2D eigenvalue weighted by molar-refractivity contribution is -0.148. The molecule has 180 valence electrons. The van der Waals surface area contributed by atoms with Crippen molar-refractivity contribution in [2.45, 2.75) is 32.6 Å². The molecule has 0 spiro atoms. The van der Waals surface area contributed by atoms with Crippen molar-refractivity contribution in [3.63, 3.8) is 0 Å². The molecule has 2 atom stereocenters. The molecule has 3 aromatic rings. The third-order valence-electron chi connectivity index (χ3n) is 6.63. The van der Waals surface area contributed by atoms with Crippen molar-refractivity contribution in [2.24, 2.45) is 11.8 Å². The number of pyridine rings is 1. The summed E-state index contributed by atoms with van der Waals surface area (Å²) in [5.74, 6) is -1.79. The second kappa shape index (κ2) is 8.37. The minimum Gasteiger partial charge on any atom is -0.369 e. The van der Waals surface area contributed by atoms with Crippen LogP contribution in [0.5, 0.6) is 0 Å². The van der Waals surface area contributed by atoms with Crippen LogP contribution >= 0.6 is 11.6 Å². The Morgan fingerprint density at radius 3 is 2.71 bits per heavy atom. The fraction of sp³-hybridized carbons (Fsp3) is 0.455. The van der Waals surface area contributed by atoms with Gasteiger partial charge in [-0.1, -0.05) is 30.7 Å². The number of para-hydroxylation sites is 1. The molecule has 1 aromatic carbocycles. The van der Waals surface area contributed by atoms with Gasteiger partial charge in [0.2, 0.25) is 11.7 Å². The van der Waals surface area contributed by atoms with Crippen molar-refractivity contribution in [3.05, 3.63) is 46.9 Å². The topological polar surface area (TPSA) is 67.2 Å². The lowest BCUT2D eigenvalue weighted by Gasteiger charge is -2.40. The smallest absolute Gasteiger partial charge is 0.369 e.